The quantitative estimate of drug-likeness (QED) is 0.672. The SMILES string of the molecule is CCn1c2c(c(=O)n(CC)c1=O)C(c1cc(Br)c(O)c(OC)c1)NC(=O)N2. The second-order valence-corrected chi connectivity index (χ2v) is 6.78. The Bertz CT molecular complexity index is 1040. The molecule has 9 nitrogen and oxygen atoms in total. The van der Waals surface area contributed by atoms with Gasteiger partial charge in [0.1, 0.15) is 5.82 Å². The Labute approximate surface area is 162 Å². The van der Waals surface area contributed by atoms with Crippen molar-refractivity contribution >= 4 is 27.8 Å². The van der Waals surface area contributed by atoms with Crippen LogP contribution in [0, 0.1) is 0 Å². The van der Waals surface area contributed by atoms with Crippen molar-refractivity contribution < 1.29 is 14.6 Å². The van der Waals surface area contributed by atoms with Gasteiger partial charge in [-0.05, 0) is 47.5 Å². The molecule has 3 rings (SSSR count). The molecule has 0 spiro atoms. The van der Waals surface area contributed by atoms with Gasteiger partial charge in [-0.2, -0.15) is 0 Å². The maximum absolute atomic E-state index is 13.0. The first-order valence-electron chi connectivity index (χ1n) is 8.35. The number of urea groups is 1. The molecule has 10 heteroatoms. The summed E-state index contributed by atoms with van der Waals surface area (Å²) in [6.45, 7) is 3.96. The number of aromatic hydroxyl groups is 1. The fraction of sp³-hybridized carbons (Fsp3) is 0.353. The smallest absolute Gasteiger partial charge is 0.332 e. The third-order valence-electron chi connectivity index (χ3n) is 4.49. The maximum Gasteiger partial charge on any atom is 0.332 e. The molecular weight excluding hydrogens is 420 g/mol. The number of benzene rings is 1. The largest absolute Gasteiger partial charge is 0.503 e. The minimum atomic E-state index is -0.816. The molecule has 27 heavy (non-hydrogen) atoms. The van der Waals surface area contributed by atoms with Crippen molar-refractivity contribution in [2.75, 3.05) is 12.4 Å². The van der Waals surface area contributed by atoms with Crippen molar-refractivity contribution in [3.63, 3.8) is 0 Å². The van der Waals surface area contributed by atoms with Crippen LogP contribution in [0.4, 0.5) is 10.6 Å². The number of methoxy groups -OCH3 is 1. The summed E-state index contributed by atoms with van der Waals surface area (Å²) in [5.41, 5.74) is -0.191. The monoisotopic (exact) mass is 438 g/mol. The summed E-state index contributed by atoms with van der Waals surface area (Å²) in [6, 6.07) is 1.78. The lowest BCUT2D eigenvalue weighted by atomic mass is 9.98. The first kappa shape index (κ1) is 19.0. The van der Waals surface area contributed by atoms with Crippen LogP contribution in [0.25, 0.3) is 0 Å². The Kier molecular flexibility index (Phi) is 5.01. The van der Waals surface area contributed by atoms with E-state index in [0.29, 0.717) is 10.0 Å². The molecule has 0 saturated heterocycles. The second kappa shape index (κ2) is 7.10. The van der Waals surface area contributed by atoms with Crippen LogP contribution in [0.1, 0.15) is 31.0 Å². The van der Waals surface area contributed by atoms with Gasteiger partial charge in [-0.1, -0.05) is 0 Å². The number of phenols is 1. The minimum absolute atomic E-state index is 0.0915. The molecule has 1 aliphatic rings. The number of aromatic nitrogens is 2. The summed E-state index contributed by atoms with van der Waals surface area (Å²) in [4.78, 5) is 37.8. The van der Waals surface area contributed by atoms with Gasteiger partial charge in [0.15, 0.2) is 11.5 Å². The Balaban J connectivity index is 2.35. The molecule has 1 aromatic carbocycles. The Morgan fingerprint density at radius 2 is 1.85 bits per heavy atom. The van der Waals surface area contributed by atoms with Crippen molar-refractivity contribution in [1.29, 1.82) is 0 Å². The van der Waals surface area contributed by atoms with E-state index in [1.807, 2.05) is 0 Å². The van der Waals surface area contributed by atoms with Gasteiger partial charge < -0.3 is 15.2 Å². The molecule has 144 valence electrons. The maximum atomic E-state index is 13.0. The number of ether oxygens (including phenoxy) is 1. The number of rotatable bonds is 4. The third-order valence-corrected chi connectivity index (χ3v) is 5.10. The fourth-order valence-corrected chi connectivity index (χ4v) is 3.66. The van der Waals surface area contributed by atoms with Gasteiger partial charge in [0.2, 0.25) is 0 Å². The van der Waals surface area contributed by atoms with Crippen LogP contribution in [0.5, 0.6) is 11.5 Å². The summed E-state index contributed by atoms with van der Waals surface area (Å²) in [6.07, 6.45) is 0. The van der Waals surface area contributed by atoms with Gasteiger partial charge in [0.25, 0.3) is 5.56 Å². The molecule has 0 radical (unpaired) electrons. The lowest BCUT2D eigenvalue weighted by molar-refractivity contribution is 0.248. The van der Waals surface area contributed by atoms with Gasteiger partial charge in [-0.15, -0.1) is 0 Å². The molecule has 0 fully saturated rings. The van der Waals surface area contributed by atoms with Crippen LogP contribution < -0.4 is 26.6 Å². The normalized spacial score (nSPS) is 15.7. The molecule has 1 unspecified atom stereocenters. The van der Waals surface area contributed by atoms with Gasteiger partial charge in [-0.3, -0.25) is 19.2 Å². The van der Waals surface area contributed by atoms with Gasteiger partial charge in [0.05, 0.1) is 23.2 Å². The Morgan fingerprint density at radius 1 is 1.19 bits per heavy atom. The number of amides is 2. The molecule has 0 saturated carbocycles. The molecule has 2 aromatic rings. The lowest BCUT2D eigenvalue weighted by Crippen LogP contribution is -2.50. The van der Waals surface area contributed by atoms with Crippen LogP contribution in [0.3, 0.4) is 0 Å². The van der Waals surface area contributed by atoms with E-state index in [0.717, 1.165) is 4.57 Å². The molecule has 1 aliphatic heterocycles. The zero-order valence-electron chi connectivity index (χ0n) is 15.0. The second-order valence-electron chi connectivity index (χ2n) is 5.92. The molecular formula is C17H19BrN4O5. The highest BCUT2D eigenvalue weighted by atomic mass is 79.9. The average Bonchev–Trinajstić information content (AvgIpc) is 2.63. The summed E-state index contributed by atoms with van der Waals surface area (Å²) in [7, 11) is 1.40. The predicted octanol–water partition coefficient (Wildman–Crippen LogP) is 1.75. The van der Waals surface area contributed by atoms with Crippen LogP contribution >= 0.6 is 15.9 Å². The summed E-state index contributed by atoms with van der Waals surface area (Å²) >= 11 is 3.25. The summed E-state index contributed by atoms with van der Waals surface area (Å²) in [5, 5.41) is 15.3. The molecule has 2 amide bonds. The number of carbonyl (C=O) groups is 1. The topological polar surface area (TPSA) is 115 Å². The van der Waals surface area contributed by atoms with Gasteiger partial charge >= 0.3 is 11.7 Å². The fourth-order valence-electron chi connectivity index (χ4n) is 3.20. The third kappa shape index (κ3) is 2.99. The van der Waals surface area contributed by atoms with Crippen molar-refractivity contribution in [2.45, 2.75) is 33.0 Å². The lowest BCUT2D eigenvalue weighted by Gasteiger charge is -2.29. The van der Waals surface area contributed by atoms with Gasteiger partial charge in [0, 0.05) is 13.1 Å². The molecule has 1 atom stereocenters. The Morgan fingerprint density at radius 3 is 2.44 bits per heavy atom. The highest BCUT2D eigenvalue weighted by Crippen LogP contribution is 2.39. The number of carbonyl (C=O) groups excluding carboxylic acids is 1. The van der Waals surface area contributed by atoms with E-state index in [1.165, 1.54) is 17.7 Å². The summed E-state index contributed by atoms with van der Waals surface area (Å²) in [5.74, 6) is 0.272. The zero-order valence-corrected chi connectivity index (χ0v) is 16.6. The number of hydrogen-bond donors (Lipinski definition) is 3. The first-order chi connectivity index (χ1) is 12.8. The first-order valence-corrected chi connectivity index (χ1v) is 9.14. The molecule has 2 heterocycles. The van der Waals surface area contributed by atoms with E-state index >= 15 is 0 Å². The van der Waals surface area contributed by atoms with Crippen LogP contribution in [-0.4, -0.2) is 27.4 Å². The number of fused-ring (bicyclic) bond motifs is 1. The predicted molar refractivity (Wildman–Crippen MR) is 103 cm³/mol. The number of phenolic OH excluding ortho intramolecular Hbond substituents is 1. The number of hydrogen-bond acceptors (Lipinski definition) is 5. The van der Waals surface area contributed by atoms with E-state index in [9.17, 15) is 19.5 Å². The van der Waals surface area contributed by atoms with Crippen molar-refractivity contribution in [3.05, 3.63) is 48.6 Å². The standard InChI is InChI=1S/C17H19BrN4O5/c1-4-21-14-11(15(24)22(5-2)17(21)26)12(19-16(25)20-14)8-6-9(18)13(23)10(7-8)27-3/h6-7,12,23H,4-5H2,1-3H3,(H2,19,20,25). The summed E-state index contributed by atoms with van der Waals surface area (Å²) < 4.78 is 8.00. The highest BCUT2D eigenvalue weighted by molar-refractivity contribution is 9.10. The molecule has 3 N–H and O–H groups in total. The number of nitrogens with zero attached hydrogens (tertiary/aromatic N) is 2. The highest BCUT2D eigenvalue weighted by Gasteiger charge is 2.33. The number of anilines is 1. The van der Waals surface area contributed by atoms with E-state index < -0.39 is 23.3 Å². The number of nitrogens with one attached hydrogen (secondary N) is 2. The average molecular weight is 439 g/mol. The molecule has 1 aromatic heterocycles. The van der Waals surface area contributed by atoms with Crippen LogP contribution in [-0.2, 0) is 13.1 Å². The zero-order chi connectivity index (χ0) is 19.9. The van der Waals surface area contributed by atoms with E-state index in [2.05, 4.69) is 26.6 Å². The van der Waals surface area contributed by atoms with Crippen molar-refractivity contribution in [2.24, 2.45) is 0 Å². The van der Waals surface area contributed by atoms with Crippen LogP contribution in [0.15, 0.2) is 26.2 Å². The van der Waals surface area contributed by atoms with E-state index in [1.54, 1.807) is 19.9 Å². The van der Waals surface area contributed by atoms with E-state index in [4.69, 9.17) is 4.74 Å². The Hall–Kier alpha value is -2.75. The van der Waals surface area contributed by atoms with Gasteiger partial charge in [-0.25, -0.2) is 9.59 Å². The molecule has 0 aliphatic carbocycles. The minimum Gasteiger partial charge on any atom is -0.503 e. The van der Waals surface area contributed by atoms with E-state index in [-0.39, 0.29) is 36.0 Å². The van der Waals surface area contributed by atoms with Crippen LogP contribution in [0.2, 0.25) is 0 Å². The van der Waals surface area contributed by atoms with Crippen molar-refractivity contribution in [3.8, 4) is 11.5 Å². The van der Waals surface area contributed by atoms with Crippen molar-refractivity contribution in [1.82, 2.24) is 14.5 Å². The molecule has 0 bridgehead atoms. The number of halogens is 1.